The Kier molecular flexibility index (Phi) is 6.20. The maximum atomic E-state index is 3.57. The van der Waals surface area contributed by atoms with Gasteiger partial charge in [-0.1, -0.05) is 32.1 Å². The van der Waals surface area contributed by atoms with E-state index >= 15 is 0 Å². The second kappa shape index (κ2) is 7.24. The molecule has 2 heteroatoms. The zero-order chi connectivity index (χ0) is 10.2. The van der Waals surface area contributed by atoms with Gasteiger partial charge in [0.15, 0.2) is 0 Å². The number of likely N-dealkylation sites (N-methyl/N-ethyl adjacent to an activating group) is 1. The molecule has 1 aliphatic rings. The van der Waals surface area contributed by atoms with E-state index in [1.54, 1.807) is 0 Å². The predicted molar refractivity (Wildman–Crippen MR) is 62.6 cm³/mol. The fourth-order valence-corrected chi connectivity index (χ4v) is 2.39. The van der Waals surface area contributed by atoms with Crippen molar-refractivity contribution < 1.29 is 0 Å². The summed E-state index contributed by atoms with van der Waals surface area (Å²) in [6, 6.07) is 0.614. The van der Waals surface area contributed by atoms with Crippen molar-refractivity contribution in [2.24, 2.45) is 5.92 Å². The summed E-state index contributed by atoms with van der Waals surface area (Å²) in [4.78, 5) is 0. The van der Waals surface area contributed by atoms with Crippen LogP contribution in [0.15, 0.2) is 0 Å². The number of rotatable bonds is 6. The highest BCUT2D eigenvalue weighted by Gasteiger charge is 2.12. The fourth-order valence-electron chi connectivity index (χ4n) is 2.39. The Balaban J connectivity index is 1.96. The van der Waals surface area contributed by atoms with Crippen LogP contribution in [-0.2, 0) is 0 Å². The van der Waals surface area contributed by atoms with E-state index in [9.17, 15) is 0 Å². The topological polar surface area (TPSA) is 24.1 Å². The molecule has 0 aliphatic heterocycles. The SMILES string of the molecule is CNCC(C)NCCC1CCCCC1. The number of hydrogen-bond donors (Lipinski definition) is 2. The quantitative estimate of drug-likeness (QED) is 0.683. The fraction of sp³-hybridized carbons (Fsp3) is 1.00. The zero-order valence-electron chi connectivity index (χ0n) is 9.81. The molecular weight excluding hydrogens is 172 g/mol. The predicted octanol–water partition coefficient (Wildman–Crippen LogP) is 2.15. The number of nitrogens with one attached hydrogen (secondary N) is 2. The maximum Gasteiger partial charge on any atom is 0.0164 e. The summed E-state index contributed by atoms with van der Waals surface area (Å²) in [6.45, 7) is 4.52. The molecule has 0 aromatic rings. The molecule has 1 unspecified atom stereocenters. The smallest absolute Gasteiger partial charge is 0.0164 e. The molecule has 0 aromatic heterocycles. The highest BCUT2D eigenvalue weighted by molar-refractivity contribution is 4.69. The van der Waals surface area contributed by atoms with Crippen molar-refractivity contribution in [2.45, 2.75) is 51.5 Å². The first-order valence-corrected chi connectivity index (χ1v) is 6.21. The van der Waals surface area contributed by atoms with Gasteiger partial charge in [-0.15, -0.1) is 0 Å². The first kappa shape index (κ1) is 12.0. The first-order valence-electron chi connectivity index (χ1n) is 6.21. The van der Waals surface area contributed by atoms with E-state index in [0.717, 1.165) is 12.5 Å². The maximum absolute atomic E-state index is 3.57. The summed E-state index contributed by atoms with van der Waals surface area (Å²) in [6.07, 6.45) is 8.74. The van der Waals surface area contributed by atoms with Crippen molar-refractivity contribution in [3.63, 3.8) is 0 Å². The van der Waals surface area contributed by atoms with Crippen LogP contribution in [-0.4, -0.2) is 26.2 Å². The molecule has 1 rings (SSSR count). The summed E-state index contributed by atoms with van der Waals surface area (Å²) in [5, 5.41) is 6.76. The minimum absolute atomic E-state index is 0.614. The van der Waals surface area contributed by atoms with Crippen molar-refractivity contribution in [1.82, 2.24) is 10.6 Å². The molecule has 0 amide bonds. The van der Waals surface area contributed by atoms with Gasteiger partial charge in [0.2, 0.25) is 0 Å². The lowest BCUT2D eigenvalue weighted by Gasteiger charge is -2.22. The third kappa shape index (κ3) is 4.97. The Labute approximate surface area is 88.8 Å². The van der Waals surface area contributed by atoms with Crippen molar-refractivity contribution in [3.8, 4) is 0 Å². The largest absolute Gasteiger partial charge is 0.318 e. The van der Waals surface area contributed by atoms with Crippen LogP contribution in [0.1, 0.15) is 45.4 Å². The van der Waals surface area contributed by atoms with Gasteiger partial charge in [0.05, 0.1) is 0 Å². The van der Waals surface area contributed by atoms with Crippen LogP contribution in [0.5, 0.6) is 0 Å². The lowest BCUT2D eigenvalue weighted by molar-refractivity contribution is 0.328. The van der Waals surface area contributed by atoms with Gasteiger partial charge in [-0.05, 0) is 32.9 Å². The molecule has 1 saturated carbocycles. The minimum atomic E-state index is 0.614. The molecule has 14 heavy (non-hydrogen) atoms. The Hall–Kier alpha value is -0.0800. The van der Waals surface area contributed by atoms with Gasteiger partial charge in [-0.25, -0.2) is 0 Å². The molecule has 2 N–H and O–H groups in total. The second-order valence-electron chi connectivity index (χ2n) is 4.71. The molecule has 1 atom stereocenters. The van der Waals surface area contributed by atoms with Crippen LogP contribution in [0.2, 0.25) is 0 Å². The molecular formula is C12H26N2. The molecule has 0 radical (unpaired) electrons. The number of hydrogen-bond acceptors (Lipinski definition) is 2. The van der Waals surface area contributed by atoms with E-state index in [1.807, 2.05) is 7.05 Å². The third-order valence-corrected chi connectivity index (χ3v) is 3.28. The van der Waals surface area contributed by atoms with Gasteiger partial charge in [-0.2, -0.15) is 0 Å². The Morgan fingerprint density at radius 3 is 2.57 bits per heavy atom. The highest BCUT2D eigenvalue weighted by Crippen LogP contribution is 2.25. The molecule has 2 nitrogen and oxygen atoms in total. The van der Waals surface area contributed by atoms with Crippen LogP contribution in [0.3, 0.4) is 0 Å². The van der Waals surface area contributed by atoms with Crippen LogP contribution in [0.4, 0.5) is 0 Å². The first-order chi connectivity index (χ1) is 6.83. The van der Waals surface area contributed by atoms with Gasteiger partial charge < -0.3 is 10.6 Å². The van der Waals surface area contributed by atoms with E-state index in [1.165, 1.54) is 45.1 Å². The van der Waals surface area contributed by atoms with Crippen molar-refractivity contribution in [1.29, 1.82) is 0 Å². The molecule has 0 aromatic carbocycles. The van der Waals surface area contributed by atoms with Crippen LogP contribution in [0.25, 0.3) is 0 Å². The summed E-state index contributed by atoms with van der Waals surface area (Å²) >= 11 is 0. The lowest BCUT2D eigenvalue weighted by Crippen LogP contribution is -2.36. The van der Waals surface area contributed by atoms with E-state index in [4.69, 9.17) is 0 Å². The monoisotopic (exact) mass is 198 g/mol. The van der Waals surface area contributed by atoms with Crippen LogP contribution >= 0.6 is 0 Å². The molecule has 0 saturated heterocycles. The average molecular weight is 198 g/mol. The van der Waals surface area contributed by atoms with Gasteiger partial charge in [0.1, 0.15) is 0 Å². The van der Waals surface area contributed by atoms with E-state index in [-0.39, 0.29) is 0 Å². The van der Waals surface area contributed by atoms with Crippen molar-refractivity contribution in [3.05, 3.63) is 0 Å². The summed E-state index contributed by atoms with van der Waals surface area (Å²) in [7, 11) is 2.01. The Morgan fingerprint density at radius 2 is 1.93 bits per heavy atom. The van der Waals surface area contributed by atoms with E-state index in [0.29, 0.717) is 6.04 Å². The van der Waals surface area contributed by atoms with Crippen molar-refractivity contribution >= 4 is 0 Å². The lowest BCUT2D eigenvalue weighted by atomic mass is 9.87. The van der Waals surface area contributed by atoms with Gasteiger partial charge in [0.25, 0.3) is 0 Å². The normalized spacial score (nSPS) is 21.0. The van der Waals surface area contributed by atoms with Crippen molar-refractivity contribution in [2.75, 3.05) is 20.1 Å². The Morgan fingerprint density at radius 1 is 1.21 bits per heavy atom. The van der Waals surface area contributed by atoms with Gasteiger partial charge >= 0.3 is 0 Å². The molecule has 1 fully saturated rings. The molecule has 0 bridgehead atoms. The average Bonchev–Trinajstić information content (AvgIpc) is 2.20. The summed E-state index contributed by atoms with van der Waals surface area (Å²) in [5.41, 5.74) is 0. The second-order valence-corrected chi connectivity index (χ2v) is 4.71. The third-order valence-electron chi connectivity index (χ3n) is 3.28. The Bertz CT molecular complexity index is 130. The van der Waals surface area contributed by atoms with Crippen LogP contribution in [0, 0.1) is 5.92 Å². The van der Waals surface area contributed by atoms with E-state index < -0.39 is 0 Å². The molecule has 0 spiro atoms. The summed E-state index contributed by atoms with van der Waals surface area (Å²) < 4.78 is 0. The zero-order valence-corrected chi connectivity index (χ0v) is 9.81. The molecule has 1 aliphatic carbocycles. The van der Waals surface area contributed by atoms with Gasteiger partial charge in [0, 0.05) is 12.6 Å². The van der Waals surface area contributed by atoms with Crippen LogP contribution < -0.4 is 10.6 Å². The van der Waals surface area contributed by atoms with E-state index in [2.05, 4.69) is 17.6 Å². The molecule has 84 valence electrons. The summed E-state index contributed by atoms with van der Waals surface area (Å²) in [5.74, 6) is 1.01. The minimum Gasteiger partial charge on any atom is -0.318 e. The van der Waals surface area contributed by atoms with Gasteiger partial charge in [-0.3, -0.25) is 0 Å². The molecule has 0 heterocycles. The standard InChI is InChI=1S/C12H26N2/c1-11(10-13-2)14-9-8-12-6-4-3-5-7-12/h11-14H,3-10H2,1-2H3. The highest BCUT2D eigenvalue weighted by atomic mass is 15.0.